The fraction of sp³-hybridized carbons (Fsp3) is 0.462. The zero-order valence-electron chi connectivity index (χ0n) is 9.45. The lowest BCUT2D eigenvalue weighted by molar-refractivity contribution is -0.118. The molecule has 1 aliphatic rings. The molecule has 0 spiro atoms. The van der Waals surface area contributed by atoms with Crippen LogP contribution in [0, 0.1) is 0 Å². The molecular formula is C13H16BrNO. The van der Waals surface area contributed by atoms with Crippen molar-refractivity contribution in [3.8, 4) is 0 Å². The summed E-state index contributed by atoms with van der Waals surface area (Å²) < 4.78 is 0. The average molecular weight is 282 g/mol. The van der Waals surface area contributed by atoms with E-state index in [4.69, 9.17) is 0 Å². The van der Waals surface area contributed by atoms with Crippen LogP contribution in [0.25, 0.3) is 0 Å². The molecule has 0 saturated carbocycles. The number of para-hydroxylation sites is 1. The number of aryl methyl sites for hydroxylation is 1. The summed E-state index contributed by atoms with van der Waals surface area (Å²) in [5.74, 6) is 0.189. The summed E-state index contributed by atoms with van der Waals surface area (Å²) in [6.45, 7) is 2.87. The first kappa shape index (κ1) is 11.6. The lowest BCUT2D eigenvalue weighted by Crippen LogP contribution is -2.39. The SMILES string of the molecule is CC[C@H](Br)C(=O)N1CCCc2ccccc21. The van der Waals surface area contributed by atoms with Gasteiger partial charge in [0.2, 0.25) is 5.91 Å². The maximum absolute atomic E-state index is 12.2. The lowest BCUT2D eigenvalue weighted by atomic mass is 10.0. The standard InChI is InChI=1S/C13H16BrNO/c1-2-11(14)13(16)15-9-5-7-10-6-3-4-8-12(10)15/h3-4,6,8,11H,2,5,7,9H2,1H3/t11-/m0/s1. The van der Waals surface area contributed by atoms with E-state index in [1.165, 1.54) is 5.56 Å². The van der Waals surface area contributed by atoms with Crippen LogP contribution in [0.1, 0.15) is 25.3 Å². The van der Waals surface area contributed by atoms with Crippen molar-refractivity contribution in [2.45, 2.75) is 31.0 Å². The highest BCUT2D eigenvalue weighted by molar-refractivity contribution is 9.10. The van der Waals surface area contributed by atoms with Gasteiger partial charge >= 0.3 is 0 Å². The van der Waals surface area contributed by atoms with Gasteiger partial charge in [-0.2, -0.15) is 0 Å². The smallest absolute Gasteiger partial charge is 0.240 e. The van der Waals surface area contributed by atoms with Crippen LogP contribution in [0.5, 0.6) is 0 Å². The summed E-state index contributed by atoms with van der Waals surface area (Å²) in [5, 5.41) is 0. The third-order valence-electron chi connectivity index (χ3n) is 3.00. The van der Waals surface area contributed by atoms with E-state index in [0.29, 0.717) is 0 Å². The van der Waals surface area contributed by atoms with Gasteiger partial charge in [-0.05, 0) is 30.9 Å². The van der Waals surface area contributed by atoms with Crippen molar-refractivity contribution in [3.63, 3.8) is 0 Å². The number of benzene rings is 1. The van der Waals surface area contributed by atoms with Crippen LogP contribution in [-0.2, 0) is 11.2 Å². The van der Waals surface area contributed by atoms with E-state index in [2.05, 4.69) is 22.0 Å². The molecule has 1 aromatic carbocycles. The second kappa shape index (κ2) is 5.00. The van der Waals surface area contributed by atoms with Crippen molar-refractivity contribution in [1.29, 1.82) is 0 Å². The Hall–Kier alpha value is -0.830. The molecule has 3 heteroatoms. The highest BCUT2D eigenvalue weighted by Crippen LogP contribution is 2.28. The van der Waals surface area contributed by atoms with Crippen molar-refractivity contribution in [2.24, 2.45) is 0 Å². The second-order valence-electron chi connectivity index (χ2n) is 4.10. The molecule has 0 unspecified atom stereocenters. The normalized spacial score (nSPS) is 16.8. The third-order valence-corrected chi connectivity index (χ3v) is 4.04. The first-order chi connectivity index (χ1) is 7.74. The Morgan fingerprint density at radius 1 is 1.50 bits per heavy atom. The van der Waals surface area contributed by atoms with E-state index in [9.17, 15) is 4.79 Å². The molecule has 1 aromatic rings. The van der Waals surface area contributed by atoms with E-state index < -0.39 is 0 Å². The Labute approximate surface area is 105 Å². The van der Waals surface area contributed by atoms with Crippen molar-refractivity contribution >= 4 is 27.5 Å². The average Bonchev–Trinajstić information content (AvgIpc) is 2.36. The first-order valence-electron chi connectivity index (χ1n) is 5.77. The van der Waals surface area contributed by atoms with E-state index in [1.54, 1.807) is 0 Å². The fourth-order valence-corrected chi connectivity index (χ4v) is 2.35. The number of anilines is 1. The summed E-state index contributed by atoms with van der Waals surface area (Å²) in [4.78, 5) is 14.0. The third kappa shape index (κ3) is 2.14. The Morgan fingerprint density at radius 2 is 2.25 bits per heavy atom. The molecule has 0 N–H and O–H groups in total. The van der Waals surface area contributed by atoms with Crippen LogP contribution in [0.3, 0.4) is 0 Å². The fourth-order valence-electron chi connectivity index (χ4n) is 2.11. The van der Waals surface area contributed by atoms with Crippen molar-refractivity contribution in [2.75, 3.05) is 11.4 Å². The predicted molar refractivity (Wildman–Crippen MR) is 70.1 cm³/mol. The van der Waals surface area contributed by atoms with Gasteiger partial charge in [0.25, 0.3) is 0 Å². The quantitative estimate of drug-likeness (QED) is 0.763. The number of hydrogen-bond donors (Lipinski definition) is 0. The Bertz CT molecular complexity index is 391. The summed E-state index contributed by atoms with van der Waals surface area (Å²) in [6.07, 6.45) is 2.97. The van der Waals surface area contributed by atoms with Gasteiger partial charge in [0, 0.05) is 12.2 Å². The molecule has 0 fully saturated rings. The number of carbonyl (C=O) groups is 1. The molecule has 0 aromatic heterocycles. The van der Waals surface area contributed by atoms with Crippen LogP contribution >= 0.6 is 15.9 Å². The van der Waals surface area contributed by atoms with Gasteiger partial charge in [0.1, 0.15) is 0 Å². The second-order valence-corrected chi connectivity index (χ2v) is 5.20. The first-order valence-corrected chi connectivity index (χ1v) is 6.69. The number of hydrogen-bond acceptors (Lipinski definition) is 1. The Kier molecular flexibility index (Phi) is 3.64. The molecule has 2 nitrogen and oxygen atoms in total. The van der Waals surface area contributed by atoms with E-state index in [-0.39, 0.29) is 10.7 Å². The summed E-state index contributed by atoms with van der Waals surface area (Å²) in [7, 11) is 0. The van der Waals surface area contributed by atoms with Gasteiger partial charge in [-0.3, -0.25) is 4.79 Å². The molecule has 86 valence electrons. The molecule has 0 saturated heterocycles. The molecule has 0 aliphatic carbocycles. The summed E-state index contributed by atoms with van der Waals surface area (Å²) >= 11 is 3.44. The number of rotatable bonds is 2. The minimum absolute atomic E-state index is 0.0568. The van der Waals surface area contributed by atoms with Gasteiger partial charge in [-0.15, -0.1) is 0 Å². The van der Waals surface area contributed by atoms with Gasteiger partial charge in [-0.1, -0.05) is 41.1 Å². The van der Waals surface area contributed by atoms with E-state index in [0.717, 1.165) is 31.5 Å². The number of carbonyl (C=O) groups excluding carboxylic acids is 1. The van der Waals surface area contributed by atoms with Gasteiger partial charge in [0.05, 0.1) is 4.83 Å². The van der Waals surface area contributed by atoms with E-state index >= 15 is 0 Å². The number of halogens is 1. The number of fused-ring (bicyclic) bond motifs is 1. The zero-order valence-corrected chi connectivity index (χ0v) is 11.0. The monoisotopic (exact) mass is 281 g/mol. The Morgan fingerprint density at radius 3 is 3.00 bits per heavy atom. The number of amides is 1. The van der Waals surface area contributed by atoms with Gasteiger partial charge in [0.15, 0.2) is 0 Å². The molecule has 1 aliphatic heterocycles. The van der Waals surface area contributed by atoms with Crippen LogP contribution < -0.4 is 4.90 Å². The van der Waals surface area contributed by atoms with E-state index in [1.807, 2.05) is 30.0 Å². The summed E-state index contributed by atoms with van der Waals surface area (Å²) in [5.41, 5.74) is 2.38. The molecular weight excluding hydrogens is 266 g/mol. The van der Waals surface area contributed by atoms with Crippen LogP contribution in [-0.4, -0.2) is 17.3 Å². The predicted octanol–water partition coefficient (Wildman–Crippen LogP) is 3.14. The number of alkyl halides is 1. The van der Waals surface area contributed by atoms with Crippen molar-refractivity contribution in [1.82, 2.24) is 0 Å². The molecule has 2 rings (SSSR count). The highest BCUT2D eigenvalue weighted by Gasteiger charge is 2.25. The topological polar surface area (TPSA) is 20.3 Å². The largest absolute Gasteiger partial charge is 0.311 e. The molecule has 1 atom stereocenters. The minimum Gasteiger partial charge on any atom is -0.311 e. The highest BCUT2D eigenvalue weighted by atomic mass is 79.9. The zero-order chi connectivity index (χ0) is 11.5. The minimum atomic E-state index is -0.0568. The van der Waals surface area contributed by atoms with Crippen LogP contribution in [0.15, 0.2) is 24.3 Å². The maximum atomic E-state index is 12.2. The lowest BCUT2D eigenvalue weighted by Gasteiger charge is -2.30. The molecule has 16 heavy (non-hydrogen) atoms. The molecule has 1 heterocycles. The van der Waals surface area contributed by atoms with Crippen molar-refractivity contribution < 1.29 is 4.79 Å². The van der Waals surface area contributed by atoms with Crippen molar-refractivity contribution in [3.05, 3.63) is 29.8 Å². The van der Waals surface area contributed by atoms with Crippen LogP contribution in [0.2, 0.25) is 0 Å². The van der Waals surface area contributed by atoms with Gasteiger partial charge in [-0.25, -0.2) is 0 Å². The van der Waals surface area contributed by atoms with Crippen LogP contribution in [0.4, 0.5) is 5.69 Å². The van der Waals surface area contributed by atoms with Gasteiger partial charge < -0.3 is 4.90 Å². The molecule has 1 amide bonds. The molecule has 0 bridgehead atoms. The molecule has 0 radical (unpaired) electrons. The number of nitrogens with zero attached hydrogens (tertiary/aromatic N) is 1. The maximum Gasteiger partial charge on any atom is 0.240 e. The Balaban J connectivity index is 2.28. The summed E-state index contributed by atoms with van der Waals surface area (Å²) in [6, 6.07) is 8.20.